The average Bonchev–Trinajstić information content (AvgIpc) is 2.78. The zero-order chi connectivity index (χ0) is 13.8. The van der Waals surface area contributed by atoms with Crippen molar-refractivity contribution in [2.24, 2.45) is 17.6 Å². The number of nitrogens with two attached hydrogens (primary N) is 1. The lowest BCUT2D eigenvalue weighted by molar-refractivity contribution is 0.131. The number of piperidine rings is 1. The Balaban J connectivity index is 1.88. The molecule has 0 saturated carbocycles. The fourth-order valence-corrected chi connectivity index (χ4v) is 2.69. The molecule has 2 atom stereocenters. The molecule has 108 valence electrons. The van der Waals surface area contributed by atoms with Crippen LogP contribution < -0.4 is 5.73 Å². The Morgan fingerprint density at radius 2 is 2.26 bits per heavy atom. The molecular formula is C14H26N4O. The van der Waals surface area contributed by atoms with E-state index in [1.165, 1.54) is 0 Å². The zero-order valence-corrected chi connectivity index (χ0v) is 12.3. The standard InChI is InChI=1S/C14H26N4O/c1-4-11-8-18(6-5-12(11)15)9-14-16-13(17-19-14)7-10(2)3/h10-12H,4-9,15H2,1-3H3. The van der Waals surface area contributed by atoms with Crippen LogP contribution in [0.3, 0.4) is 0 Å². The van der Waals surface area contributed by atoms with Gasteiger partial charge in [-0.3, -0.25) is 4.90 Å². The molecule has 0 aliphatic carbocycles. The average molecular weight is 266 g/mol. The van der Waals surface area contributed by atoms with Crippen LogP contribution in [-0.4, -0.2) is 34.2 Å². The van der Waals surface area contributed by atoms with Gasteiger partial charge in [-0.1, -0.05) is 32.3 Å². The zero-order valence-electron chi connectivity index (χ0n) is 12.3. The third kappa shape index (κ3) is 4.01. The molecule has 1 fully saturated rings. The predicted octanol–water partition coefficient (Wildman–Crippen LogP) is 1.83. The Bertz CT molecular complexity index is 391. The van der Waals surface area contributed by atoms with E-state index in [2.05, 4.69) is 35.8 Å². The van der Waals surface area contributed by atoms with Crippen LogP contribution in [0.2, 0.25) is 0 Å². The summed E-state index contributed by atoms with van der Waals surface area (Å²) in [6.07, 6.45) is 3.08. The number of hydrogen-bond acceptors (Lipinski definition) is 5. The molecule has 2 unspecified atom stereocenters. The van der Waals surface area contributed by atoms with Crippen molar-refractivity contribution < 1.29 is 4.52 Å². The minimum absolute atomic E-state index is 0.348. The van der Waals surface area contributed by atoms with Gasteiger partial charge in [-0.15, -0.1) is 0 Å². The van der Waals surface area contributed by atoms with E-state index in [1.54, 1.807) is 0 Å². The van der Waals surface area contributed by atoms with Crippen molar-refractivity contribution >= 4 is 0 Å². The van der Waals surface area contributed by atoms with E-state index in [-0.39, 0.29) is 0 Å². The van der Waals surface area contributed by atoms with Gasteiger partial charge in [0.15, 0.2) is 5.82 Å². The van der Waals surface area contributed by atoms with E-state index >= 15 is 0 Å². The molecule has 2 N–H and O–H groups in total. The minimum Gasteiger partial charge on any atom is -0.338 e. The molecule has 1 aliphatic heterocycles. The molecule has 1 saturated heterocycles. The van der Waals surface area contributed by atoms with Gasteiger partial charge in [-0.2, -0.15) is 4.98 Å². The highest BCUT2D eigenvalue weighted by Gasteiger charge is 2.26. The van der Waals surface area contributed by atoms with Crippen molar-refractivity contribution in [1.82, 2.24) is 15.0 Å². The van der Waals surface area contributed by atoms with Gasteiger partial charge in [-0.25, -0.2) is 0 Å². The Labute approximate surface area is 115 Å². The molecule has 0 radical (unpaired) electrons. The van der Waals surface area contributed by atoms with E-state index in [4.69, 9.17) is 10.3 Å². The summed E-state index contributed by atoms with van der Waals surface area (Å²) in [6, 6.07) is 0.348. The quantitative estimate of drug-likeness (QED) is 0.880. The fraction of sp³-hybridized carbons (Fsp3) is 0.857. The highest BCUT2D eigenvalue weighted by molar-refractivity contribution is 4.89. The normalized spacial score (nSPS) is 25.1. The van der Waals surface area contributed by atoms with Gasteiger partial charge in [0.2, 0.25) is 5.89 Å². The summed E-state index contributed by atoms with van der Waals surface area (Å²) in [7, 11) is 0. The highest BCUT2D eigenvalue weighted by atomic mass is 16.5. The summed E-state index contributed by atoms with van der Waals surface area (Å²) in [5.74, 6) is 2.71. The number of nitrogens with zero attached hydrogens (tertiary/aromatic N) is 3. The summed E-state index contributed by atoms with van der Waals surface area (Å²) in [6.45, 7) is 9.36. The van der Waals surface area contributed by atoms with Crippen molar-refractivity contribution in [2.45, 2.75) is 52.6 Å². The summed E-state index contributed by atoms with van der Waals surface area (Å²) < 4.78 is 5.33. The monoisotopic (exact) mass is 266 g/mol. The van der Waals surface area contributed by atoms with Crippen LogP contribution in [0.4, 0.5) is 0 Å². The van der Waals surface area contributed by atoms with Gasteiger partial charge >= 0.3 is 0 Å². The van der Waals surface area contributed by atoms with Gasteiger partial charge in [-0.05, 0) is 18.3 Å². The first-order chi connectivity index (χ1) is 9.08. The van der Waals surface area contributed by atoms with Crippen molar-refractivity contribution in [3.8, 4) is 0 Å². The number of rotatable bonds is 5. The van der Waals surface area contributed by atoms with Crippen LogP contribution in [0, 0.1) is 11.8 Å². The van der Waals surface area contributed by atoms with Gasteiger partial charge in [0.25, 0.3) is 0 Å². The number of hydrogen-bond donors (Lipinski definition) is 1. The molecule has 2 heterocycles. The van der Waals surface area contributed by atoms with Crippen LogP contribution >= 0.6 is 0 Å². The van der Waals surface area contributed by atoms with Crippen LogP contribution in [0.1, 0.15) is 45.3 Å². The molecule has 0 bridgehead atoms. The SMILES string of the molecule is CCC1CN(Cc2nc(CC(C)C)no2)CCC1N. The third-order valence-electron chi connectivity index (χ3n) is 3.86. The lowest BCUT2D eigenvalue weighted by Crippen LogP contribution is -2.46. The lowest BCUT2D eigenvalue weighted by Gasteiger charge is -2.35. The predicted molar refractivity (Wildman–Crippen MR) is 74.5 cm³/mol. The Morgan fingerprint density at radius 1 is 1.47 bits per heavy atom. The maximum atomic E-state index is 6.13. The molecule has 5 heteroatoms. The van der Waals surface area contributed by atoms with E-state index < -0.39 is 0 Å². The first-order valence-electron chi connectivity index (χ1n) is 7.37. The van der Waals surface area contributed by atoms with Crippen molar-refractivity contribution in [3.05, 3.63) is 11.7 Å². The van der Waals surface area contributed by atoms with Crippen molar-refractivity contribution in [2.75, 3.05) is 13.1 Å². The van der Waals surface area contributed by atoms with E-state index in [1.807, 2.05) is 0 Å². The smallest absolute Gasteiger partial charge is 0.240 e. The Morgan fingerprint density at radius 3 is 2.95 bits per heavy atom. The maximum Gasteiger partial charge on any atom is 0.240 e. The van der Waals surface area contributed by atoms with Gasteiger partial charge in [0, 0.05) is 25.6 Å². The van der Waals surface area contributed by atoms with Crippen LogP contribution in [0.25, 0.3) is 0 Å². The molecule has 0 amide bonds. The molecule has 0 aromatic carbocycles. The van der Waals surface area contributed by atoms with Gasteiger partial charge in [0.1, 0.15) is 0 Å². The second kappa shape index (κ2) is 6.48. The summed E-state index contributed by atoms with van der Waals surface area (Å²) in [5.41, 5.74) is 6.13. The summed E-state index contributed by atoms with van der Waals surface area (Å²) in [4.78, 5) is 6.84. The fourth-order valence-electron chi connectivity index (χ4n) is 2.69. The van der Waals surface area contributed by atoms with E-state index in [0.717, 1.165) is 50.6 Å². The van der Waals surface area contributed by atoms with Gasteiger partial charge < -0.3 is 10.3 Å². The van der Waals surface area contributed by atoms with Crippen LogP contribution in [0.5, 0.6) is 0 Å². The molecule has 1 aromatic heterocycles. The number of aromatic nitrogens is 2. The summed E-state index contributed by atoms with van der Waals surface area (Å²) in [5, 5.41) is 4.04. The molecule has 1 aromatic rings. The molecule has 19 heavy (non-hydrogen) atoms. The number of likely N-dealkylation sites (tertiary alicyclic amines) is 1. The maximum absolute atomic E-state index is 6.13. The molecular weight excluding hydrogens is 240 g/mol. The molecule has 5 nitrogen and oxygen atoms in total. The molecule has 2 rings (SSSR count). The van der Waals surface area contributed by atoms with Crippen molar-refractivity contribution in [3.63, 3.8) is 0 Å². The molecule has 0 spiro atoms. The van der Waals surface area contributed by atoms with E-state index in [9.17, 15) is 0 Å². The van der Waals surface area contributed by atoms with Crippen molar-refractivity contribution in [1.29, 1.82) is 0 Å². The van der Waals surface area contributed by atoms with Crippen LogP contribution in [-0.2, 0) is 13.0 Å². The first-order valence-corrected chi connectivity index (χ1v) is 7.37. The Kier molecular flexibility index (Phi) is 4.93. The minimum atomic E-state index is 0.348. The van der Waals surface area contributed by atoms with Crippen LogP contribution in [0.15, 0.2) is 4.52 Å². The van der Waals surface area contributed by atoms with Gasteiger partial charge in [0.05, 0.1) is 6.54 Å². The largest absolute Gasteiger partial charge is 0.338 e. The van der Waals surface area contributed by atoms with E-state index in [0.29, 0.717) is 17.9 Å². The lowest BCUT2D eigenvalue weighted by atomic mass is 9.91. The Hall–Kier alpha value is -0.940. The summed E-state index contributed by atoms with van der Waals surface area (Å²) >= 11 is 0. The first kappa shape index (κ1) is 14.5. The second-order valence-corrected chi connectivity index (χ2v) is 6.06. The topological polar surface area (TPSA) is 68.2 Å². The highest BCUT2D eigenvalue weighted by Crippen LogP contribution is 2.20. The second-order valence-electron chi connectivity index (χ2n) is 6.06. The molecule has 1 aliphatic rings. The third-order valence-corrected chi connectivity index (χ3v) is 3.86.